The zero-order valence-corrected chi connectivity index (χ0v) is 26.2. The Morgan fingerprint density at radius 2 is 1.60 bits per heavy atom. The Morgan fingerprint density at radius 1 is 0.978 bits per heavy atom. The minimum Gasteiger partial charge on any atom is -0.394 e. The largest absolute Gasteiger partial charge is 0.416 e. The van der Waals surface area contributed by atoms with Gasteiger partial charge in [0.05, 0.1) is 28.9 Å². The number of halogens is 3. The highest BCUT2D eigenvalue weighted by Crippen LogP contribution is 2.36. The van der Waals surface area contributed by atoms with Crippen molar-refractivity contribution in [2.24, 2.45) is 0 Å². The van der Waals surface area contributed by atoms with E-state index in [0.717, 1.165) is 17.7 Å². The molecule has 0 aliphatic carbocycles. The molecule has 0 bridgehead atoms. The summed E-state index contributed by atoms with van der Waals surface area (Å²) in [5.41, 5.74) is 1.59. The molecule has 2 amide bonds. The van der Waals surface area contributed by atoms with Crippen molar-refractivity contribution < 1.29 is 36.3 Å². The van der Waals surface area contributed by atoms with Crippen molar-refractivity contribution in [1.29, 1.82) is 0 Å². The number of nitrogens with one attached hydrogen (secondary N) is 1. The Kier molecular flexibility index (Phi) is 10.6. The first-order valence-corrected chi connectivity index (χ1v) is 16.5. The van der Waals surface area contributed by atoms with Crippen LogP contribution in [-0.4, -0.2) is 68.8 Å². The third-order valence-corrected chi connectivity index (χ3v) is 10.1. The number of likely N-dealkylation sites (N-methyl/N-ethyl adjacent to an activating group) is 1. The van der Waals surface area contributed by atoms with Crippen molar-refractivity contribution in [2.45, 2.75) is 55.8 Å². The molecule has 1 aliphatic rings. The highest BCUT2D eigenvalue weighted by atomic mass is 32.2. The van der Waals surface area contributed by atoms with E-state index in [1.165, 1.54) is 24.3 Å². The van der Waals surface area contributed by atoms with Crippen LogP contribution in [0, 0.1) is 0 Å². The number of carbonyl (C=O) groups is 2. The van der Waals surface area contributed by atoms with E-state index in [4.69, 9.17) is 0 Å². The van der Waals surface area contributed by atoms with E-state index in [1.807, 2.05) is 11.8 Å². The summed E-state index contributed by atoms with van der Waals surface area (Å²) in [6.07, 6.45) is -3.29. The molecule has 242 valence electrons. The van der Waals surface area contributed by atoms with Gasteiger partial charge in [-0.25, -0.2) is 8.42 Å². The molecule has 4 rings (SSSR count). The summed E-state index contributed by atoms with van der Waals surface area (Å²) in [5.74, 6) is -0.658. The second-order valence-corrected chi connectivity index (χ2v) is 13.4. The molecule has 1 aliphatic heterocycles. The molecule has 3 aromatic rings. The lowest BCUT2D eigenvalue weighted by atomic mass is 9.86. The predicted molar refractivity (Wildman–Crippen MR) is 166 cm³/mol. The fourth-order valence-corrected chi connectivity index (χ4v) is 6.38. The molecule has 0 spiro atoms. The van der Waals surface area contributed by atoms with Gasteiger partial charge in [0.15, 0.2) is 9.84 Å². The van der Waals surface area contributed by atoms with Crippen molar-refractivity contribution in [2.75, 3.05) is 37.4 Å². The van der Waals surface area contributed by atoms with Gasteiger partial charge in [-0.05, 0) is 79.4 Å². The van der Waals surface area contributed by atoms with Gasteiger partial charge in [-0.15, -0.1) is 0 Å². The van der Waals surface area contributed by atoms with Gasteiger partial charge in [0.25, 0.3) is 5.91 Å². The van der Waals surface area contributed by atoms with Crippen LogP contribution in [0.3, 0.4) is 0 Å². The van der Waals surface area contributed by atoms with Crippen LogP contribution in [0.1, 0.15) is 65.7 Å². The Labute approximate surface area is 261 Å². The van der Waals surface area contributed by atoms with E-state index < -0.39 is 46.2 Å². The van der Waals surface area contributed by atoms with Crippen LogP contribution in [0.15, 0.2) is 77.7 Å². The van der Waals surface area contributed by atoms with E-state index in [2.05, 4.69) is 5.32 Å². The van der Waals surface area contributed by atoms with Gasteiger partial charge >= 0.3 is 6.18 Å². The molecule has 0 radical (unpaired) electrons. The summed E-state index contributed by atoms with van der Waals surface area (Å²) < 4.78 is 63.6. The molecular formula is C33H38F3N3O5S. The number of piperidine rings is 1. The molecule has 1 unspecified atom stereocenters. The first-order chi connectivity index (χ1) is 21.3. The van der Waals surface area contributed by atoms with Gasteiger partial charge < -0.3 is 20.2 Å². The minimum atomic E-state index is -4.42. The highest BCUT2D eigenvalue weighted by Gasteiger charge is 2.36. The smallest absolute Gasteiger partial charge is 0.394 e. The molecule has 1 fully saturated rings. The Morgan fingerprint density at radius 3 is 2.13 bits per heavy atom. The molecule has 8 nitrogen and oxygen atoms in total. The van der Waals surface area contributed by atoms with Crippen LogP contribution in [0.25, 0.3) is 0 Å². The van der Waals surface area contributed by atoms with Crippen LogP contribution in [0.5, 0.6) is 0 Å². The van der Waals surface area contributed by atoms with Crippen molar-refractivity contribution in [3.63, 3.8) is 0 Å². The summed E-state index contributed by atoms with van der Waals surface area (Å²) >= 11 is 0. The number of aliphatic hydroxyl groups is 1. The number of anilines is 1. The summed E-state index contributed by atoms with van der Waals surface area (Å²) in [6, 6.07) is 16.6. The van der Waals surface area contributed by atoms with Crippen LogP contribution in [0.2, 0.25) is 0 Å². The fraction of sp³-hybridized carbons (Fsp3) is 0.394. The van der Waals surface area contributed by atoms with Crippen molar-refractivity contribution in [1.82, 2.24) is 10.2 Å². The van der Waals surface area contributed by atoms with Crippen LogP contribution >= 0.6 is 0 Å². The highest BCUT2D eigenvalue weighted by molar-refractivity contribution is 7.91. The third kappa shape index (κ3) is 7.85. The van der Waals surface area contributed by atoms with Gasteiger partial charge in [0, 0.05) is 37.3 Å². The normalized spacial score (nSPS) is 17.9. The SMILES string of the molecule is CCN(C)C(=O)[C@@H]1CCC(c2ccc(C(F)(F)F)cc2)CN1c1ccc(C(=O)N[C@@H](CO)c2ccc(S(=O)(=O)CC)cc2)cc1. The van der Waals surface area contributed by atoms with Gasteiger partial charge in [-0.3, -0.25) is 9.59 Å². The number of aliphatic hydroxyl groups excluding tert-OH is 1. The predicted octanol–water partition coefficient (Wildman–Crippen LogP) is 5.19. The molecule has 0 aromatic heterocycles. The van der Waals surface area contributed by atoms with Gasteiger partial charge in [0.1, 0.15) is 6.04 Å². The Bertz CT molecular complexity index is 1580. The lowest BCUT2D eigenvalue weighted by Gasteiger charge is -2.42. The number of benzene rings is 3. The molecule has 3 atom stereocenters. The number of rotatable bonds is 10. The van der Waals surface area contributed by atoms with Crippen molar-refractivity contribution in [3.05, 3.63) is 95.1 Å². The van der Waals surface area contributed by atoms with E-state index in [9.17, 15) is 36.3 Å². The lowest BCUT2D eigenvalue weighted by Crippen LogP contribution is -2.51. The van der Waals surface area contributed by atoms with Crippen molar-refractivity contribution in [3.8, 4) is 0 Å². The number of hydrogen-bond acceptors (Lipinski definition) is 6. The summed E-state index contributed by atoms with van der Waals surface area (Å²) in [6.45, 7) is 3.95. The first kappa shape index (κ1) is 34.0. The standard InChI is InChI=1S/C33H38F3N3O5S/c1-4-38(3)32(42)30-19-12-25(22-6-13-26(14-7-22)33(34,35)36)20-39(30)27-15-8-24(9-16-27)31(41)37-29(21-40)23-10-17-28(18-11-23)45(43,44)5-2/h6-11,13-18,25,29-30,40H,4-5,12,19-21H2,1-3H3,(H,37,41)/t25?,29-,30-/m0/s1. The molecule has 12 heteroatoms. The lowest BCUT2D eigenvalue weighted by molar-refractivity contribution is -0.137. The Hall–Kier alpha value is -3.90. The van der Waals surface area contributed by atoms with E-state index in [-0.39, 0.29) is 22.5 Å². The first-order valence-electron chi connectivity index (χ1n) is 14.8. The van der Waals surface area contributed by atoms with Crippen LogP contribution in [-0.2, 0) is 20.8 Å². The zero-order chi connectivity index (χ0) is 32.9. The maximum atomic E-state index is 13.3. The summed E-state index contributed by atoms with van der Waals surface area (Å²) in [5, 5.41) is 12.7. The Balaban J connectivity index is 1.53. The number of hydrogen-bond donors (Lipinski definition) is 2. The molecule has 45 heavy (non-hydrogen) atoms. The average Bonchev–Trinajstić information content (AvgIpc) is 3.05. The molecule has 2 N–H and O–H groups in total. The van der Waals surface area contributed by atoms with E-state index >= 15 is 0 Å². The molecule has 1 heterocycles. The third-order valence-electron chi connectivity index (χ3n) is 8.40. The number of carbonyl (C=O) groups excluding carboxylic acids is 2. The maximum absolute atomic E-state index is 13.3. The number of sulfone groups is 1. The fourth-order valence-electron chi connectivity index (χ4n) is 5.49. The maximum Gasteiger partial charge on any atom is 0.416 e. The quantitative estimate of drug-likeness (QED) is 0.314. The number of amides is 2. The average molecular weight is 646 g/mol. The minimum absolute atomic E-state index is 0.0418. The second kappa shape index (κ2) is 14.0. The van der Waals surface area contributed by atoms with E-state index in [0.29, 0.717) is 42.7 Å². The number of nitrogens with zero attached hydrogens (tertiary/aromatic N) is 2. The summed E-state index contributed by atoms with van der Waals surface area (Å²) in [7, 11) is -1.66. The van der Waals surface area contributed by atoms with E-state index in [1.54, 1.807) is 55.3 Å². The number of alkyl halides is 3. The molecule has 0 saturated carbocycles. The molecular weight excluding hydrogens is 607 g/mol. The van der Waals surface area contributed by atoms with Gasteiger partial charge in [0.2, 0.25) is 5.91 Å². The zero-order valence-electron chi connectivity index (χ0n) is 25.4. The topological polar surface area (TPSA) is 107 Å². The van der Waals surface area contributed by atoms with Crippen LogP contribution < -0.4 is 10.2 Å². The monoisotopic (exact) mass is 645 g/mol. The van der Waals surface area contributed by atoms with Crippen molar-refractivity contribution >= 4 is 27.3 Å². The molecule has 3 aromatic carbocycles. The van der Waals surface area contributed by atoms with Gasteiger partial charge in [-0.1, -0.05) is 31.2 Å². The van der Waals surface area contributed by atoms with Crippen LogP contribution in [0.4, 0.5) is 18.9 Å². The van der Waals surface area contributed by atoms with Gasteiger partial charge in [-0.2, -0.15) is 13.2 Å². The summed E-state index contributed by atoms with van der Waals surface area (Å²) in [4.78, 5) is 30.2. The molecule has 1 saturated heterocycles. The second-order valence-electron chi connectivity index (χ2n) is 11.1.